The van der Waals surface area contributed by atoms with Crippen molar-refractivity contribution in [3.05, 3.63) is 58.1 Å². The summed E-state index contributed by atoms with van der Waals surface area (Å²) in [5, 5.41) is 14.1. The Balaban J connectivity index is 1.98. The number of aryl methyl sites for hydroxylation is 1. The second kappa shape index (κ2) is 7.67. The number of nitrogens with zero attached hydrogens (tertiary/aromatic N) is 2. The van der Waals surface area contributed by atoms with Crippen molar-refractivity contribution in [1.82, 2.24) is 9.97 Å². The zero-order chi connectivity index (χ0) is 19.6. The lowest BCUT2D eigenvalue weighted by atomic mass is 10.1. The molecule has 27 heavy (non-hydrogen) atoms. The highest BCUT2D eigenvalue weighted by molar-refractivity contribution is 7.13. The monoisotopic (exact) mass is 381 g/mol. The minimum atomic E-state index is -0.963. The van der Waals surface area contributed by atoms with E-state index < -0.39 is 5.97 Å². The fourth-order valence-electron chi connectivity index (χ4n) is 2.70. The maximum atomic E-state index is 11.6. The molecule has 0 unspecified atom stereocenters. The van der Waals surface area contributed by atoms with Gasteiger partial charge in [-0.05, 0) is 50.6 Å². The van der Waals surface area contributed by atoms with Crippen molar-refractivity contribution in [2.24, 2.45) is 0 Å². The third-order valence-electron chi connectivity index (χ3n) is 4.19. The Bertz CT molecular complexity index is 1010. The lowest BCUT2D eigenvalue weighted by Gasteiger charge is -2.13. The van der Waals surface area contributed by atoms with Gasteiger partial charge in [0.05, 0.1) is 10.4 Å². The molecule has 1 aromatic carbocycles. The molecule has 0 aliphatic rings. The van der Waals surface area contributed by atoms with E-state index in [-0.39, 0.29) is 11.3 Å². The molecule has 0 aliphatic carbocycles. The van der Waals surface area contributed by atoms with Gasteiger partial charge in [-0.2, -0.15) is 0 Å². The summed E-state index contributed by atoms with van der Waals surface area (Å²) in [6, 6.07) is 8.31. The summed E-state index contributed by atoms with van der Waals surface area (Å²) >= 11 is 1.43. The predicted molar refractivity (Wildman–Crippen MR) is 106 cm³/mol. The van der Waals surface area contributed by atoms with Crippen LogP contribution in [0.5, 0.6) is 0 Å². The normalized spacial score (nSPS) is 10.6. The van der Waals surface area contributed by atoms with Gasteiger partial charge in [-0.15, -0.1) is 11.3 Å². The average Bonchev–Trinajstić information content (AvgIpc) is 3.12. The maximum Gasteiger partial charge on any atom is 0.335 e. The van der Waals surface area contributed by atoms with Crippen molar-refractivity contribution in [2.75, 3.05) is 5.32 Å². The number of rotatable bonds is 6. The van der Waals surface area contributed by atoms with Crippen molar-refractivity contribution in [3.8, 4) is 10.7 Å². The lowest BCUT2D eigenvalue weighted by Crippen LogP contribution is -2.05. The topological polar surface area (TPSA) is 92.2 Å². The molecule has 6 nitrogen and oxygen atoms in total. The molecule has 138 valence electrons. The van der Waals surface area contributed by atoms with Gasteiger partial charge in [0.25, 0.3) is 0 Å². The first-order chi connectivity index (χ1) is 12.9. The van der Waals surface area contributed by atoms with Gasteiger partial charge in [0, 0.05) is 27.9 Å². The van der Waals surface area contributed by atoms with Crippen molar-refractivity contribution < 1.29 is 14.7 Å². The lowest BCUT2D eigenvalue weighted by molar-refractivity contribution is 0.0696. The first-order valence-electron chi connectivity index (χ1n) is 8.46. The van der Waals surface area contributed by atoms with Gasteiger partial charge >= 0.3 is 5.97 Å². The first kappa shape index (κ1) is 18.7. The van der Waals surface area contributed by atoms with Crippen LogP contribution in [0, 0.1) is 6.92 Å². The van der Waals surface area contributed by atoms with E-state index in [0.717, 1.165) is 28.2 Å². The van der Waals surface area contributed by atoms with Gasteiger partial charge in [-0.1, -0.05) is 6.92 Å². The Morgan fingerprint density at radius 3 is 2.41 bits per heavy atom. The summed E-state index contributed by atoms with van der Waals surface area (Å²) < 4.78 is 0. The fourth-order valence-corrected chi connectivity index (χ4v) is 3.58. The molecular formula is C20H19N3O3S. The number of carbonyl (C=O) groups excluding carboxylic acids is 1. The number of Topliss-reactive ketones (excluding diaryl/α,β-unsaturated/α-hetero) is 1. The summed E-state index contributed by atoms with van der Waals surface area (Å²) in [5.74, 6) is 0.291. The minimum Gasteiger partial charge on any atom is -0.478 e. The van der Waals surface area contributed by atoms with E-state index in [1.807, 2.05) is 19.2 Å². The number of nitrogens with one attached hydrogen (secondary N) is 1. The highest BCUT2D eigenvalue weighted by atomic mass is 32.1. The third-order valence-corrected chi connectivity index (χ3v) is 5.11. The molecule has 2 N–H and O–H groups in total. The summed E-state index contributed by atoms with van der Waals surface area (Å²) in [6.07, 6.45) is 0.755. The van der Waals surface area contributed by atoms with E-state index in [1.165, 1.54) is 18.3 Å². The van der Waals surface area contributed by atoms with E-state index in [2.05, 4.69) is 15.3 Å². The molecule has 0 aliphatic heterocycles. The quantitative estimate of drug-likeness (QED) is 0.600. The standard InChI is InChI=1S/C20H19N3O3S/c1-4-16-11(2)21-19(17-9-14(10-27-17)12(3)24)23-18(16)22-15-7-5-13(6-8-15)20(25)26/h5-10H,4H2,1-3H3,(H,25,26)(H,21,22,23). The van der Waals surface area contributed by atoms with E-state index in [4.69, 9.17) is 5.11 Å². The van der Waals surface area contributed by atoms with Crippen LogP contribution in [0.25, 0.3) is 10.7 Å². The van der Waals surface area contributed by atoms with Crippen LogP contribution in [0.3, 0.4) is 0 Å². The maximum absolute atomic E-state index is 11.6. The Kier molecular flexibility index (Phi) is 5.32. The molecule has 0 atom stereocenters. The summed E-state index contributed by atoms with van der Waals surface area (Å²) in [7, 11) is 0. The van der Waals surface area contributed by atoms with Crippen LogP contribution in [0.15, 0.2) is 35.7 Å². The number of ketones is 1. The highest BCUT2D eigenvalue weighted by Crippen LogP contribution is 2.29. The van der Waals surface area contributed by atoms with E-state index in [0.29, 0.717) is 17.2 Å². The van der Waals surface area contributed by atoms with Crippen molar-refractivity contribution in [3.63, 3.8) is 0 Å². The number of benzene rings is 1. The van der Waals surface area contributed by atoms with Crippen LogP contribution in [0.1, 0.15) is 45.8 Å². The van der Waals surface area contributed by atoms with Crippen LogP contribution >= 0.6 is 11.3 Å². The van der Waals surface area contributed by atoms with Gasteiger partial charge < -0.3 is 10.4 Å². The summed E-state index contributed by atoms with van der Waals surface area (Å²) in [6.45, 7) is 5.50. The molecule has 0 radical (unpaired) electrons. The van der Waals surface area contributed by atoms with Gasteiger partial charge in [-0.3, -0.25) is 4.79 Å². The summed E-state index contributed by atoms with van der Waals surface area (Å²) in [5.41, 5.74) is 3.48. The molecule has 0 spiro atoms. The molecule has 0 amide bonds. The van der Waals surface area contributed by atoms with E-state index in [9.17, 15) is 9.59 Å². The van der Waals surface area contributed by atoms with Crippen molar-refractivity contribution >= 4 is 34.6 Å². The molecule has 2 heterocycles. The van der Waals surface area contributed by atoms with Crippen molar-refractivity contribution in [2.45, 2.75) is 27.2 Å². The number of carboxylic acid groups (broad SMARTS) is 1. The average molecular weight is 381 g/mol. The minimum absolute atomic E-state index is 0.0104. The van der Waals surface area contributed by atoms with Gasteiger partial charge in [0.15, 0.2) is 11.6 Å². The van der Waals surface area contributed by atoms with Crippen LogP contribution < -0.4 is 5.32 Å². The number of aromatic nitrogens is 2. The smallest absolute Gasteiger partial charge is 0.335 e. The summed E-state index contributed by atoms with van der Waals surface area (Å²) in [4.78, 5) is 32.6. The number of carbonyl (C=O) groups is 2. The van der Waals surface area contributed by atoms with Crippen molar-refractivity contribution in [1.29, 1.82) is 0 Å². The molecule has 0 saturated carbocycles. The third kappa shape index (κ3) is 4.03. The number of thiophene rings is 1. The van der Waals surface area contributed by atoms with E-state index in [1.54, 1.807) is 30.3 Å². The van der Waals surface area contributed by atoms with E-state index >= 15 is 0 Å². The first-order valence-corrected chi connectivity index (χ1v) is 9.34. The largest absolute Gasteiger partial charge is 0.478 e. The molecule has 0 saturated heterocycles. The Morgan fingerprint density at radius 1 is 1.15 bits per heavy atom. The number of hydrogen-bond donors (Lipinski definition) is 2. The zero-order valence-corrected chi connectivity index (χ0v) is 16.1. The molecule has 0 bridgehead atoms. The highest BCUT2D eigenvalue weighted by Gasteiger charge is 2.14. The Labute approximate surface area is 160 Å². The number of carboxylic acids is 1. The van der Waals surface area contributed by atoms with Crippen LogP contribution in [0.2, 0.25) is 0 Å². The number of hydrogen-bond acceptors (Lipinski definition) is 6. The van der Waals surface area contributed by atoms with Gasteiger partial charge in [0.2, 0.25) is 0 Å². The molecule has 0 fully saturated rings. The molecule has 3 aromatic rings. The SMILES string of the molecule is CCc1c(C)nc(-c2cc(C(C)=O)cs2)nc1Nc1ccc(C(=O)O)cc1. The molecular weight excluding hydrogens is 362 g/mol. The predicted octanol–water partition coefficient (Wildman–Crippen LogP) is 4.72. The molecule has 3 rings (SSSR count). The fraction of sp³-hybridized carbons (Fsp3) is 0.200. The molecule has 2 aromatic heterocycles. The zero-order valence-electron chi connectivity index (χ0n) is 15.2. The van der Waals surface area contributed by atoms with Crippen LogP contribution in [0.4, 0.5) is 11.5 Å². The molecule has 7 heteroatoms. The van der Waals surface area contributed by atoms with Gasteiger partial charge in [0.1, 0.15) is 5.82 Å². The van der Waals surface area contributed by atoms with Crippen LogP contribution in [-0.4, -0.2) is 26.8 Å². The Morgan fingerprint density at radius 2 is 1.85 bits per heavy atom. The number of anilines is 2. The number of aromatic carboxylic acids is 1. The second-order valence-electron chi connectivity index (χ2n) is 6.08. The second-order valence-corrected chi connectivity index (χ2v) is 6.99. The van der Waals surface area contributed by atoms with Crippen LogP contribution in [-0.2, 0) is 6.42 Å². The van der Waals surface area contributed by atoms with Gasteiger partial charge in [-0.25, -0.2) is 14.8 Å². The Hall–Kier alpha value is -3.06.